The van der Waals surface area contributed by atoms with E-state index in [0.29, 0.717) is 18.9 Å². The first-order chi connectivity index (χ1) is 9.66. The standard InChI is InChI=1S/C18H34O2/c1-4-5-6-7-8-9-10-11-12-13-14-15-18(19)20-16-17(2)3/h9-10,17H,4-8,11-16H2,1-3H3. The molecule has 0 saturated carbocycles. The van der Waals surface area contributed by atoms with Gasteiger partial charge in [-0.1, -0.05) is 58.6 Å². The smallest absolute Gasteiger partial charge is 0.305 e. The second kappa shape index (κ2) is 14.6. The molecule has 0 fully saturated rings. The van der Waals surface area contributed by atoms with Crippen molar-refractivity contribution in [1.29, 1.82) is 0 Å². The third-order valence-electron chi connectivity index (χ3n) is 3.22. The Labute approximate surface area is 126 Å². The molecule has 0 heterocycles. The second-order valence-electron chi connectivity index (χ2n) is 6.00. The SMILES string of the molecule is CCCCCCC=CCCCCCC(=O)OCC(C)C. The molecule has 0 atom stereocenters. The molecule has 0 aliphatic rings. The van der Waals surface area contributed by atoms with Crippen LogP contribution in [0.25, 0.3) is 0 Å². The van der Waals surface area contributed by atoms with Crippen LogP contribution in [0.4, 0.5) is 0 Å². The van der Waals surface area contributed by atoms with Crippen molar-refractivity contribution < 1.29 is 9.53 Å². The van der Waals surface area contributed by atoms with Crippen molar-refractivity contribution in [2.24, 2.45) is 5.92 Å². The predicted octanol–water partition coefficient (Wildman–Crippen LogP) is 5.66. The number of carbonyl (C=O) groups excluding carboxylic acids is 1. The molecule has 0 aliphatic carbocycles. The van der Waals surface area contributed by atoms with Gasteiger partial charge in [-0.25, -0.2) is 0 Å². The highest BCUT2D eigenvalue weighted by Gasteiger charge is 2.03. The first kappa shape index (κ1) is 19.2. The summed E-state index contributed by atoms with van der Waals surface area (Å²) >= 11 is 0. The van der Waals surface area contributed by atoms with Gasteiger partial charge in [0.25, 0.3) is 0 Å². The van der Waals surface area contributed by atoms with Crippen molar-refractivity contribution in [1.82, 2.24) is 0 Å². The van der Waals surface area contributed by atoms with Crippen molar-refractivity contribution in [3.63, 3.8) is 0 Å². The molecule has 0 amide bonds. The van der Waals surface area contributed by atoms with Crippen LogP contribution in [-0.2, 0) is 9.53 Å². The number of ether oxygens (including phenoxy) is 1. The Morgan fingerprint density at radius 1 is 0.950 bits per heavy atom. The lowest BCUT2D eigenvalue weighted by atomic mass is 10.1. The maximum atomic E-state index is 11.4. The van der Waals surface area contributed by atoms with Gasteiger partial charge in [0.1, 0.15) is 0 Å². The number of hydrogen-bond donors (Lipinski definition) is 0. The van der Waals surface area contributed by atoms with Crippen LogP contribution in [0.5, 0.6) is 0 Å². The highest BCUT2D eigenvalue weighted by Crippen LogP contribution is 2.07. The number of esters is 1. The Morgan fingerprint density at radius 3 is 2.10 bits per heavy atom. The van der Waals surface area contributed by atoms with E-state index in [1.54, 1.807) is 0 Å². The Hall–Kier alpha value is -0.790. The first-order valence-electron chi connectivity index (χ1n) is 8.47. The summed E-state index contributed by atoms with van der Waals surface area (Å²) in [7, 11) is 0. The van der Waals surface area contributed by atoms with E-state index in [4.69, 9.17) is 4.74 Å². The second-order valence-corrected chi connectivity index (χ2v) is 6.00. The fraction of sp³-hybridized carbons (Fsp3) is 0.833. The number of unbranched alkanes of at least 4 members (excludes halogenated alkanes) is 7. The maximum absolute atomic E-state index is 11.4. The van der Waals surface area contributed by atoms with Crippen molar-refractivity contribution in [2.45, 2.75) is 85.0 Å². The summed E-state index contributed by atoms with van der Waals surface area (Å²) in [5, 5.41) is 0. The van der Waals surface area contributed by atoms with Gasteiger partial charge in [-0.3, -0.25) is 4.79 Å². The molecule has 0 bridgehead atoms. The van der Waals surface area contributed by atoms with Gasteiger partial charge >= 0.3 is 5.97 Å². The summed E-state index contributed by atoms with van der Waals surface area (Å²) in [4.78, 5) is 11.4. The molecule has 0 aliphatic heterocycles. The number of hydrogen-bond acceptors (Lipinski definition) is 2. The Balaban J connectivity index is 3.23. The van der Waals surface area contributed by atoms with Crippen LogP contribution in [0.2, 0.25) is 0 Å². The largest absolute Gasteiger partial charge is 0.465 e. The molecule has 0 spiro atoms. The number of carbonyl (C=O) groups is 1. The Bertz CT molecular complexity index is 244. The molecule has 0 aromatic rings. The highest BCUT2D eigenvalue weighted by molar-refractivity contribution is 5.69. The Kier molecular flexibility index (Phi) is 14.0. The van der Waals surface area contributed by atoms with E-state index in [1.165, 1.54) is 38.5 Å². The van der Waals surface area contributed by atoms with Crippen LogP contribution in [0.15, 0.2) is 12.2 Å². The van der Waals surface area contributed by atoms with Gasteiger partial charge in [0.05, 0.1) is 6.61 Å². The average molecular weight is 282 g/mol. The zero-order valence-electron chi connectivity index (χ0n) is 13.8. The molecule has 0 saturated heterocycles. The van der Waals surface area contributed by atoms with Crippen molar-refractivity contribution in [3.05, 3.63) is 12.2 Å². The van der Waals surface area contributed by atoms with Crippen LogP contribution in [-0.4, -0.2) is 12.6 Å². The third-order valence-corrected chi connectivity index (χ3v) is 3.22. The lowest BCUT2D eigenvalue weighted by molar-refractivity contribution is -0.144. The van der Waals surface area contributed by atoms with Crippen LogP contribution in [0.3, 0.4) is 0 Å². The van der Waals surface area contributed by atoms with Gasteiger partial charge in [0.2, 0.25) is 0 Å². The molecule has 0 aromatic heterocycles. The van der Waals surface area contributed by atoms with E-state index in [2.05, 4.69) is 32.9 Å². The van der Waals surface area contributed by atoms with Crippen LogP contribution in [0, 0.1) is 5.92 Å². The quantitative estimate of drug-likeness (QED) is 0.247. The molecule has 0 radical (unpaired) electrons. The van der Waals surface area contributed by atoms with E-state index in [9.17, 15) is 4.79 Å². The topological polar surface area (TPSA) is 26.3 Å². The zero-order chi connectivity index (χ0) is 15.1. The normalized spacial score (nSPS) is 11.4. The number of allylic oxidation sites excluding steroid dienone is 2. The van der Waals surface area contributed by atoms with Gasteiger partial charge in [-0.15, -0.1) is 0 Å². The van der Waals surface area contributed by atoms with Crippen molar-refractivity contribution >= 4 is 5.97 Å². The zero-order valence-corrected chi connectivity index (χ0v) is 13.8. The van der Waals surface area contributed by atoms with Crippen LogP contribution >= 0.6 is 0 Å². The summed E-state index contributed by atoms with van der Waals surface area (Å²) in [6.07, 6.45) is 16.2. The lowest BCUT2D eigenvalue weighted by Crippen LogP contribution is -2.09. The summed E-state index contributed by atoms with van der Waals surface area (Å²) in [5.41, 5.74) is 0. The van der Waals surface area contributed by atoms with E-state index in [1.807, 2.05) is 0 Å². The molecular weight excluding hydrogens is 248 g/mol. The maximum Gasteiger partial charge on any atom is 0.305 e. The summed E-state index contributed by atoms with van der Waals surface area (Å²) in [5.74, 6) is 0.395. The van der Waals surface area contributed by atoms with E-state index in [0.717, 1.165) is 19.3 Å². The molecule has 2 heteroatoms. The minimum absolute atomic E-state index is 0.0369. The van der Waals surface area contributed by atoms with E-state index in [-0.39, 0.29) is 5.97 Å². The van der Waals surface area contributed by atoms with Gasteiger partial charge in [-0.2, -0.15) is 0 Å². The van der Waals surface area contributed by atoms with E-state index < -0.39 is 0 Å². The molecule has 20 heavy (non-hydrogen) atoms. The Morgan fingerprint density at radius 2 is 1.55 bits per heavy atom. The molecule has 2 nitrogen and oxygen atoms in total. The summed E-state index contributed by atoms with van der Waals surface area (Å²) in [6.45, 7) is 6.91. The average Bonchev–Trinajstić information content (AvgIpc) is 2.42. The van der Waals surface area contributed by atoms with Gasteiger partial charge in [0, 0.05) is 6.42 Å². The third kappa shape index (κ3) is 15.3. The first-order valence-corrected chi connectivity index (χ1v) is 8.47. The predicted molar refractivity (Wildman–Crippen MR) is 86.8 cm³/mol. The monoisotopic (exact) mass is 282 g/mol. The summed E-state index contributed by atoms with van der Waals surface area (Å²) < 4.78 is 5.14. The summed E-state index contributed by atoms with van der Waals surface area (Å²) in [6, 6.07) is 0. The van der Waals surface area contributed by atoms with Gasteiger partial charge < -0.3 is 4.74 Å². The highest BCUT2D eigenvalue weighted by atomic mass is 16.5. The molecule has 118 valence electrons. The lowest BCUT2D eigenvalue weighted by Gasteiger charge is -2.06. The van der Waals surface area contributed by atoms with Gasteiger partial charge in [0.15, 0.2) is 0 Å². The molecular formula is C18H34O2. The fourth-order valence-corrected chi connectivity index (χ4v) is 1.96. The van der Waals surface area contributed by atoms with Crippen LogP contribution in [0.1, 0.15) is 85.0 Å². The molecule has 0 unspecified atom stereocenters. The molecule has 0 aromatic carbocycles. The van der Waals surface area contributed by atoms with E-state index >= 15 is 0 Å². The van der Waals surface area contributed by atoms with Crippen molar-refractivity contribution in [3.8, 4) is 0 Å². The van der Waals surface area contributed by atoms with Crippen LogP contribution < -0.4 is 0 Å². The molecule has 0 rings (SSSR count). The molecule has 0 N–H and O–H groups in total. The minimum Gasteiger partial charge on any atom is -0.465 e. The van der Waals surface area contributed by atoms with Gasteiger partial charge in [-0.05, 0) is 38.0 Å². The fourth-order valence-electron chi connectivity index (χ4n) is 1.96. The van der Waals surface area contributed by atoms with Crippen molar-refractivity contribution in [2.75, 3.05) is 6.61 Å². The minimum atomic E-state index is -0.0369. The number of rotatable bonds is 13.